The van der Waals surface area contributed by atoms with Gasteiger partial charge in [0, 0.05) is 30.8 Å². The average molecular weight is 440 g/mol. The van der Waals surface area contributed by atoms with Crippen molar-refractivity contribution in [3.05, 3.63) is 59.7 Å². The Balaban J connectivity index is 1.42. The highest BCUT2D eigenvalue weighted by Gasteiger charge is 2.34. The van der Waals surface area contributed by atoms with Crippen LogP contribution >= 0.6 is 0 Å². The van der Waals surface area contributed by atoms with Crippen molar-refractivity contribution >= 4 is 17.7 Å². The lowest BCUT2D eigenvalue weighted by Gasteiger charge is -2.24. The number of carbonyl (C=O) groups excluding carboxylic acids is 3. The fourth-order valence-corrected chi connectivity index (χ4v) is 3.65. The maximum Gasteiger partial charge on any atom is 0.254 e. The van der Waals surface area contributed by atoms with E-state index in [1.54, 1.807) is 67.7 Å². The molecule has 0 saturated carbocycles. The minimum absolute atomic E-state index is 0.156. The van der Waals surface area contributed by atoms with E-state index < -0.39 is 6.04 Å². The fraction of sp³-hybridized carbons (Fsp3) is 0.375. The first-order valence-corrected chi connectivity index (χ1v) is 10.7. The van der Waals surface area contributed by atoms with Gasteiger partial charge in [-0.15, -0.1) is 0 Å². The van der Waals surface area contributed by atoms with Gasteiger partial charge in [0.1, 0.15) is 17.5 Å². The van der Waals surface area contributed by atoms with Crippen LogP contribution in [0.4, 0.5) is 0 Å². The van der Waals surface area contributed by atoms with Gasteiger partial charge in [0.05, 0.1) is 14.2 Å². The molecule has 2 aromatic rings. The lowest BCUT2D eigenvalue weighted by atomic mass is 10.1. The van der Waals surface area contributed by atoms with E-state index in [-0.39, 0.29) is 17.7 Å². The van der Waals surface area contributed by atoms with Gasteiger partial charge >= 0.3 is 0 Å². The Bertz CT molecular complexity index is 928. The van der Waals surface area contributed by atoms with Crippen LogP contribution in [-0.2, 0) is 4.79 Å². The Kier molecular flexibility index (Phi) is 8.08. The quantitative estimate of drug-likeness (QED) is 0.584. The molecule has 32 heavy (non-hydrogen) atoms. The molecule has 3 amide bonds. The second-order valence-electron chi connectivity index (χ2n) is 7.51. The second-order valence-corrected chi connectivity index (χ2v) is 7.51. The Morgan fingerprint density at radius 1 is 0.875 bits per heavy atom. The van der Waals surface area contributed by atoms with Gasteiger partial charge in [-0.3, -0.25) is 14.4 Å². The average Bonchev–Trinajstić information content (AvgIpc) is 3.33. The van der Waals surface area contributed by atoms with Crippen molar-refractivity contribution in [1.82, 2.24) is 15.5 Å². The number of amides is 3. The summed E-state index contributed by atoms with van der Waals surface area (Å²) in [6.07, 6.45) is 2.02. The van der Waals surface area contributed by atoms with Gasteiger partial charge in [-0.25, -0.2) is 0 Å². The molecule has 1 saturated heterocycles. The molecule has 1 aliphatic heterocycles. The molecule has 1 fully saturated rings. The zero-order valence-corrected chi connectivity index (χ0v) is 18.4. The van der Waals surface area contributed by atoms with Crippen molar-refractivity contribution in [2.75, 3.05) is 33.9 Å². The van der Waals surface area contributed by atoms with Crippen LogP contribution in [0.2, 0.25) is 0 Å². The molecular formula is C24H29N3O5. The van der Waals surface area contributed by atoms with Crippen LogP contribution in [-0.4, -0.2) is 62.5 Å². The molecule has 0 spiro atoms. The van der Waals surface area contributed by atoms with Gasteiger partial charge in [-0.1, -0.05) is 0 Å². The summed E-state index contributed by atoms with van der Waals surface area (Å²) in [5.41, 5.74) is 1.08. The Morgan fingerprint density at radius 2 is 1.44 bits per heavy atom. The standard InChI is InChI=1S/C24H29N3O5/c1-31-19-10-6-17(7-11-19)22(28)25-14-4-15-26-23(29)21-5-3-16-27(21)24(30)18-8-12-20(32-2)13-9-18/h6-13,21H,3-5,14-16H2,1-2H3,(H,25,28)(H,26,29)/t21-/m0/s1. The lowest BCUT2D eigenvalue weighted by molar-refractivity contribution is -0.124. The fourth-order valence-electron chi connectivity index (χ4n) is 3.65. The molecule has 0 radical (unpaired) electrons. The summed E-state index contributed by atoms with van der Waals surface area (Å²) in [6.45, 7) is 1.41. The minimum atomic E-state index is -0.474. The number of likely N-dealkylation sites (tertiary alicyclic amines) is 1. The van der Waals surface area contributed by atoms with Crippen LogP contribution in [0, 0.1) is 0 Å². The number of carbonyl (C=O) groups is 3. The molecule has 2 aromatic carbocycles. The summed E-state index contributed by atoms with van der Waals surface area (Å²) < 4.78 is 10.2. The molecular weight excluding hydrogens is 410 g/mol. The summed E-state index contributed by atoms with van der Waals surface area (Å²) in [5, 5.41) is 5.72. The monoisotopic (exact) mass is 439 g/mol. The lowest BCUT2D eigenvalue weighted by Crippen LogP contribution is -2.46. The third-order valence-electron chi connectivity index (χ3n) is 5.44. The maximum absolute atomic E-state index is 12.8. The summed E-state index contributed by atoms with van der Waals surface area (Å²) in [6, 6.07) is 13.3. The van der Waals surface area contributed by atoms with Crippen molar-refractivity contribution in [3.8, 4) is 11.5 Å². The van der Waals surface area contributed by atoms with Gasteiger partial charge < -0.3 is 25.0 Å². The largest absolute Gasteiger partial charge is 0.497 e. The highest BCUT2D eigenvalue weighted by atomic mass is 16.5. The highest BCUT2D eigenvalue weighted by molar-refractivity contribution is 5.98. The van der Waals surface area contributed by atoms with E-state index in [2.05, 4.69) is 10.6 Å². The van der Waals surface area contributed by atoms with Gasteiger partial charge in [0.2, 0.25) is 5.91 Å². The third kappa shape index (κ3) is 5.78. The van der Waals surface area contributed by atoms with E-state index in [1.807, 2.05) is 0 Å². The third-order valence-corrected chi connectivity index (χ3v) is 5.44. The molecule has 1 aliphatic rings. The Morgan fingerprint density at radius 3 is 2.03 bits per heavy atom. The summed E-state index contributed by atoms with van der Waals surface area (Å²) in [4.78, 5) is 39.3. The van der Waals surface area contributed by atoms with Crippen LogP contribution in [0.5, 0.6) is 11.5 Å². The van der Waals surface area contributed by atoms with E-state index >= 15 is 0 Å². The molecule has 0 bridgehead atoms. The molecule has 2 N–H and O–H groups in total. The number of methoxy groups -OCH3 is 2. The van der Waals surface area contributed by atoms with Crippen LogP contribution < -0.4 is 20.1 Å². The van der Waals surface area contributed by atoms with E-state index in [0.717, 1.165) is 6.42 Å². The topological polar surface area (TPSA) is 97.0 Å². The molecule has 0 aromatic heterocycles. The zero-order valence-electron chi connectivity index (χ0n) is 18.4. The van der Waals surface area contributed by atoms with Crippen LogP contribution in [0.3, 0.4) is 0 Å². The Hall–Kier alpha value is -3.55. The van der Waals surface area contributed by atoms with E-state index in [9.17, 15) is 14.4 Å². The predicted octanol–water partition coefficient (Wildman–Crippen LogP) is 2.24. The van der Waals surface area contributed by atoms with Crippen LogP contribution in [0.25, 0.3) is 0 Å². The number of hydrogen-bond donors (Lipinski definition) is 2. The number of hydrogen-bond acceptors (Lipinski definition) is 5. The van der Waals surface area contributed by atoms with Crippen molar-refractivity contribution in [2.24, 2.45) is 0 Å². The van der Waals surface area contributed by atoms with Crippen molar-refractivity contribution in [2.45, 2.75) is 25.3 Å². The smallest absolute Gasteiger partial charge is 0.254 e. The van der Waals surface area contributed by atoms with Crippen molar-refractivity contribution in [3.63, 3.8) is 0 Å². The van der Waals surface area contributed by atoms with Gasteiger partial charge in [-0.2, -0.15) is 0 Å². The summed E-state index contributed by atoms with van der Waals surface area (Å²) in [5.74, 6) is 0.876. The van der Waals surface area contributed by atoms with Crippen molar-refractivity contribution in [1.29, 1.82) is 0 Å². The van der Waals surface area contributed by atoms with E-state index in [0.29, 0.717) is 55.1 Å². The second kappa shape index (κ2) is 11.2. The number of ether oxygens (including phenoxy) is 2. The number of nitrogens with one attached hydrogen (secondary N) is 2. The first-order chi connectivity index (χ1) is 15.5. The minimum Gasteiger partial charge on any atom is -0.497 e. The van der Waals surface area contributed by atoms with Gasteiger partial charge in [0.15, 0.2) is 0 Å². The molecule has 0 unspecified atom stereocenters. The highest BCUT2D eigenvalue weighted by Crippen LogP contribution is 2.21. The molecule has 8 nitrogen and oxygen atoms in total. The van der Waals surface area contributed by atoms with E-state index in [1.165, 1.54) is 0 Å². The normalized spacial score (nSPS) is 15.2. The molecule has 8 heteroatoms. The molecule has 0 aliphatic carbocycles. The maximum atomic E-state index is 12.8. The number of rotatable bonds is 9. The van der Waals surface area contributed by atoms with Crippen molar-refractivity contribution < 1.29 is 23.9 Å². The van der Waals surface area contributed by atoms with Crippen LogP contribution in [0.1, 0.15) is 40.0 Å². The van der Waals surface area contributed by atoms with E-state index in [4.69, 9.17) is 9.47 Å². The molecule has 3 rings (SSSR count). The SMILES string of the molecule is COc1ccc(C(=O)NCCCNC(=O)[C@@H]2CCCN2C(=O)c2ccc(OC)cc2)cc1. The molecule has 170 valence electrons. The van der Waals surface area contributed by atoms with Crippen LogP contribution in [0.15, 0.2) is 48.5 Å². The Labute approximate surface area is 187 Å². The van der Waals surface area contributed by atoms with Gasteiger partial charge in [-0.05, 0) is 67.8 Å². The first-order valence-electron chi connectivity index (χ1n) is 10.7. The summed E-state index contributed by atoms with van der Waals surface area (Å²) in [7, 11) is 3.14. The number of nitrogens with zero attached hydrogens (tertiary/aromatic N) is 1. The first kappa shape index (κ1) is 23.1. The number of benzene rings is 2. The molecule has 1 atom stereocenters. The summed E-state index contributed by atoms with van der Waals surface area (Å²) >= 11 is 0. The zero-order chi connectivity index (χ0) is 22.9. The predicted molar refractivity (Wildman–Crippen MR) is 120 cm³/mol. The van der Waals surface area contributed by atoms with Gasteiger partial charge in [0.25, 0.3) is 11.8 Å². The molecule has 1 heterocycles.